The number of benzene rings is 1. The van der Waals surface area contributed by atoms with Crippen LogP contribution in [-0.4, -0.2) is 41.7 Å². The lowest BCUT2D eigenvalue weighted by atomic mass is 10.0. The van der Waals surface area contributed by atoms with E-state index in [2.05, 4.69) is 5.32 Å². The highest BCUT2D eigenvalue weighted by Gasteiger charge is 2.33. The van der Waals surface area contributed by atoms with Crippen LogP contribution in [-0.2, 0) is 4.79 Å². The molecule has 1 aliphatic rings. The second kappa shape index (κ2) is 5.63. The molecule has 0 saturated carbocycles. The topological polar surface area (TPSA) is 52.6 Å². The highest BCUT2D eigenvalue weighted by Crippen LogP contribution is 2.26. The summed E-state index contributed by atoms with van der Waals surface area (Å²) < 4.78 is 26.7. The first-order chi connectivity index (χ1) is 9.00. The van der Waals surface area contributed by atoms with Gasteiger partial charge in [0.15, 0.2) is 0 Å². The number of nitrogens with zero attached hydrogens (tertiary/aromatic N) is 1. The van der Waals surface area contributed by atoms with Crippen LogP contribution in [0.15, 0.2) is 18.2 Å². The Hall–Kier alpha value is -1.53. The molecule has 2 atom stereocenters. The Kier molecular flexibility index (Phi) is 4.11. The van der Waals surface area contributed by atoms with Crippen LogP contribution in [0.3, 0.4) is 0 Å². The van der Waals surface area contributed by atoms with Crippen molar-refractivity contribution in [3.63, 3.8) is 0 Å². The molecule has 6 heteroatoms. The van der Waals surface area contributed by atoms with Gasteiger partial charge < -0.3 is 10.4 Å². The van der Waals surface area contributed by atoms with Crippen molar-refractivity contribution in [3.8, 4) is 0 Å². The predicted molar refractivity (Wildman–Crippen MR) is 65.8 cm³/mol. The first-order valence-electron chi connectivity index (χ1n) is 6.15. The maximum absolute atomic E-state index is 13.8. The summed E-state index contributed by atoms with van der Waals surface area (Å²) in [6.07, 6.45) is 0. The van der Waals surface area contributed by atoms with Crippen LogP contribution < -0.4 is 5.32 Å². The molecule has 4 nitrogen and oxygen atoms in total. The lowest BCUT2D eigenvalue weighted by Crippen LogP contribution is -2.55. The normalized spacial score (nSPS) is 22.2. The van der Waals surface area contributed by atoms with E-state index in [0.717, 1.165) is 6.07 Å². The highest BCUT2D eigenvalue weighted by molar-refractivity contribution is 5.74. The van der Waals surface area contributed by atoms with Crippen LogP contribution in [0.5, 0.6) is 0 Å². The van der Waals surface area contributed by atoms with E-state index in [1.54, 1.807) is 11.8 Å². The van der Waals surface area contributed by atoms with Gasteiger partial charge in [0.2, 0.25) is 0 Å². The molecule has 104 valence electrons. The van der Waals surface area contributed by atoms with Crippen molar-refractivity contribution >= 4 is 5.97 Å². The Morgan fingerprint density at radius 2 is 2.26 bits per heavy atom. The van der Waals surface area contributed by atoms with Gasteiger partial charge in [0.05, 0.1) is 0 Å². The van der Waals surface area contributed by atoms with Gasteiger partial charge in [0, 0.05) is 37.3 Å². The van der Waals surface area contributed by atoms with Gasteiger partial charge in [-0.2, -0.15) is 0 Å². The number of carbonyl (C=O) groups is 1. The lowest BCUT2D eigenvalue weighted by molar-refractivity contribution is -0.145. The average molecular weight is 270 g/mol. The zero-order chi connectivity index (χ0) is 14.0. The van der Waals surface area contributed by atoms with Gasteiger partial charge in [-0.15, -0.1) is 0 Å². The van der Waals surface area contributed by atoms with Crippen molar-refractivity contribution in [2.45, 2.75) is 19.0 Å². The number of carboxylic acid groups (broad SMARTS) is 1. The number of aliphatic carboxylic acids is 1. The van der Waals surface area contributed by atoms with Gasteiger partial charge in [-0.05, 0) is 13.0 Å². The molecule has 2 rings (SSSR count). The molecule has 1 aliphatic heterocycles. The molecule has 0 radical (unpaired) electrons. The Morgan fingerprint density at radius 3 is 2.89 bits per heavy atom. The maximum atomic E-state index is 13.8. The van der Waals surface area contributed by atoms with Crippen LogP contribution in [0, 0.1) is 11.6 Å². The number of piperazine rings is 1. The minimum atomic E-state index is -0.943. The molecule has 2 N–H and O–H groups in total. The first kappa shape index (κ1) is 13.9. The fourth-order valence-electron chi connectivity index (χ4n) is 2.43. The van der Waals surface area contributed by atoms with Crippen molar-refractivity contribution in [2.24, 2.45) is 0 Å². The zero-order valence-corrected chi connectivity index (χ0v) is 10.6. The van der Waals surface area contributed by atoms with Gasteiger partial charge >= 0.3 is 5.97 Å². The van der Waals surface area contributed by atoms with Gasteiger partial charge in [-0.3, -0.25) is 9.69 Å². The molecule has 0 aromatic heterocycles. The molecule has 1 fully saturated rings. The van der Waals surface area contributed by atoms with Gasteiger partial charge in [-0.25, -0.2) is 8.78 Å². The summed E-state index contributed by atoms with van der Waals surface area (Å²) in [5, 5.41) is 12.2. The fraction of sp³-hybridized carbons (Fsp3) is 0.462. The van der Waals surface area contributed by atoms with E-state index >= 15 is 0 Å². The maximum Gasteiger partial charge on any atom is 0.322 e. The standard InChI is InChI=1S/C13H16F2N2O2/c1-8(10-3-2-9(14)6-11(10)15)17-5-4-16-7-12(17)13(18)19/h2-3,6,8,12,16H,4-5,7H2,1H3,(H,18,19). The number of rotatable bonds is 3. The number of nitrogens with one attached hydrogen (secondary N) is 1. The fourth-order valence-corrected chi connectivity index (χ4v) is 2.43. The van der Waals surface area contributed by atoms with Crippen molar-refractivity contribution in [2.75, 3.05) is 19.6 Å². The second-order valence-corrected chi connectivity index (χ2v) is 4.64. The van der Waals surface area contributed by atoms with Gasteiger partial charge in [-0.1, -0.05) is 6.07 Å². The van der Waals surface area contributed by atoms with E-state index in [4.69, 9.17) is 0 Å². The third-order valence-corrected chi connectivity index (χ3v) is 3.48. The van der Waals surface area contributed by atoms with Crippen LogP contribution >= 0.6 is 0 Å². The molecule has 1 heterocycles. The minimum absolute atomic E-state index is 0.314. The zero-order valence-electron chi connectivity index (χ0n) is 10.6. The molecule has 0 aliphatic carbocycles. The van der Waals surface area contributed by atoms with Gasteiger partial charge in [0.25, 0.3) is 0 Å². The van der Waals surface area contributed by atoms with E-state index in [9.17, 15) is 18.7 Å². The number of hydrogen-bond acceptors (Lipinski definition) is 3. The van der Waals surface area contributed by atoms with Crippen LogP contribution in [0.25, 0.3) is 0 Å². The molecule has 1 saturated heterocycles. The largest absolute Gasteiger partial charge is 0.480 e. The van der Waals surface area contributed by atoms with Crippen molar-refractivity contribution in [1.82, 2.24) is 10.2 Å². The second-order valence-electron chi connectivity index (χ2n) is 4.64. The molecule has 1 aromatic carbocycles. The molecule has 0 bridgehead atoms. The summed E-state index contributed by atoms with van der Waals surface area (Å²) in [6.45, 7) is 3.21. The van der Waals surface area contributed by atoms with Crippen LogP contribution in [0.1, 0.15) is 18.5 Å². The number of hydrogen-bond donors (Lipinski definition) is 2. The Labute approximate surface area is 110 Å². The summed E-state index contributed by atoms with van der Waals surface area (Å²) in [6, 6.07) is 2.27. The highest BCUT2D eigenvalue weighted by atomic mass is 19.1. The lowest BCUT2D eigenvalue weighted by Gasteiger charge is -2.38. The Bertz CT molecular complexity index is 482. The predicted octanol–water partition coefficient (Wildman–Crippen LogP) is 1.38. The molecule has 0 spiro atoms. The third-order valence-electron chi connectivity index (χ3n) is 3.48. The van der Waals surface area contributed by atoms with Crippen molar-refractivity contribution < 1.29 is 18.7 Å². The summed E-state index contributed by atoms with van der Waals surface area (Å²) in [7, 11) is 0. The molecule has 2 unspecified atom stereocenters. The minimum Gasteiger partial charge on any atom is -0.480 e. The first-order valence-corrected chi connectivity index (χ1v) is 6.15. The molecular weight excluding hydrogens is 254 g/mol. The molecule has 0 amide bonds. The molecule has 19 heavy (non-hydrogen) atoms. The Morgan fingerprint density at radius 1 is 1.53 bits per heavy atom. The monoisotopic (exact) mass is 270 g/mol. The number of halogens is 2. The average Bonchev–Trinajstić information content (AvgIpc) is 2.38. The van der Waals surface area contributed by atoms with Crippen LogP contribution in [0.4, 0.5) is 8.78 Å². The van der Waals surface area contributed by atoms with Crippen molar-refractivity contribution in [1.29, 1.82) is 0 Å². The van der Waals surface area contributed by atoms with Crippen LogP contribution in [0.2, 0.25) is 0 Å². The third kappa shape index (κ3) is 2.90. The molecular formula is C13H16F2N2O2. The van der Waals surface area contributed by atoms with E-state index in [1.807, 2.05) is 0 Å². The quantitative estimate of drug-likeness (QED) is 0.871. The Balaban J connectivity index is 2.25. The SMILES string of the molecule is CC(c1ccc(F)cc1F)N1CCNCC1C(=O)O. The molecule has 1 aromatic rings. The summed E-state index contributed by atoms with van der Waals surface area (Å²) in [5.41, 5.74) is 0.314. The van der Waals surface area contributed by atoms with E-state index < -0.39 is 29.7 Å². The van der Waals surface area contributed by atoms with E-state index in [1.165, 1.54) is 12.1 Å². The van der Waals surface area contributed by atoms with E-state index in [0.29, 0.717) is 25.2 Å². The summed E-state index contributed by atoms with van der Waals surface area (Å²) in [4.78, 5) is 12.9. The summed E-state index contributed by atoms with van der Waals surface area (Å²) in [5.74, 6) is -2.22. The van der Waals surface area contributed by atoms with Gasteiger partial charge in [0.1, 0.15) is 17.7 Å². The number of carboxylic acids is 1. The van der Waals surface area contributed by atoms with E-state index in [-0.39, 0.29) is 0 Å². The van der Waals surface area contributed by atoms with Crippen molar-refractivity contribution in [3.05, 3.63) is 35.4 Å². The smallest absolute Gasteiger partial charge is 0.322 e. The summed E-state index contributed by atoms with van der Waals surface area (Å²) >= 11 is 0.